The molecule has 1 amide bonds. The molecular formula is C11H16FN3OS. The molecule has 94 valence electrons. The SMILES string of the molecule is NNC(=O)CCCCSc1cc(N)cc(F)c1. The van der Waals surface area contributed by atoms with Crippen LogP contribution in [0.1, 0.15) is 19.3 Å². The molecule has 1 rings (SSSR count). The lowest BCUT2D eigenvalue weighted by Gasteiger charge is -2.03. The van der Waals surface area contributed by atoms with Crippen LogP contribution in [0.2, 0.25) is 0 Å². The van der Waals surface area contributed by atoms with E-state index in [1.807, 2.05) is 0 Å². The van der Waals surface area contributed by atoms with Crippen LogP contribution in [0, 0.1) is 5.82 Å². The molecule has 1 aromatic rings. The largest absolute Gasteiger partial charge is 0.399 e. The van der Waals surface area contributed by atoms with Gasteiger partial charge in [0.15, 0.2) is 0 Å². The van der Waals surface area contributed by atoms with Gasteiger partial charge in [0.1, 0.15) is 5.82 Å². The number of benzene rings is 1. The summed E-state index contributed by atoms with van der Waals surface area (Å²) in [6.07, 6.45) is 2.05. The van der Waals surface area contributed by atoms with Crippen LogP contribution in [0.25, 0.3) is 0 Å². The maximum absolute atomic E-state index is 13.0. The molecule has 0 atom stereocenters. The first kappa shape index (κ1) is 13.8. The number of carbonyl (C=O) groups excluding carboxylic acids is 1. The maximum atomic E-state index is 13.0. The molecule has 6 heteroatoms. The highest BCUT2D eigenvalue weighted by atomic mass is 32.2. The fraction of sp³-hybridized carbons (Fsp3) is 0.364. The Labute approximate surface area is 104 Å². The van der Waals surface area contributed by atoms with Crippen molar-refractivity contribution in [3.8, 4) is 0 Å². The van der Waals surface area contributed by atoms with Crippen LogP contribution in [0.4, 0.5) is 10.1 Å². The van der Waals surface area contributed by atoms with Crippen LogP contribution in [0.5, 0.6) is 0 Å². The number of rotatable bonds is 6. The Balaban J connectivity index is 2.24. The van der Waals surface area contributed by atoms with Gasteiger partial charge in [0.25, 0.3) is 0 Å². The van der Waals surface area contributed by atoms with Crippen molar-refractivity contribution in [2.24, 2.45) is 5.84 Å². The lowest BCUT2D eigenvalue weighted by Crippen LogP contribution is -2.29. The fourth-order valence-electron chi connectivity index (χ4n) is 1.32. The molecule has 0 aliphatic heterocycles. The quantitative estimate of drug-likeness (QED) is 0.181. The topological polar surface area (TPSA) is 81.1 Å². The fourth-order valence-corrected chi connectivity index (χ4v) is 2.32. The van der Waals surface area contributed by atoms with E-state index in [0.717, 1.165) is 23.5 Å². The summed E-state index contributed by atoms with van der Waals surface area (Å²) in [5, 5.41) is 0. The van der Waals surface area contributed by atoms with E-state index < -0.39 is 0 Å². The van der Waals surface area contributed by atoms with E-state index in [1.54, 1.807) is 6.07 Å². The van der Waals surface area contributed by atoms with Crippen molar-refractivity contribution >= 4 is 23.4 Å². The molecule has 0 aliphatic carbocycles. The van der Waals surface area contributed by atoms with Crippen molar-refractivity contribution in [1.82, 2.24) is 5.43 Å². The molecule has 0 fully saturated rings. The van der Waals surface area contributed by atoms with Crippen molar-refractivity contribution in [3.63, 3.8) is 0 Å². The lowest BCUT2D eigenvalue weighted by molar-refractivity contribution is -0.121. The Morgan fingerprint density at radius 3 is 2.76 bits per heavy atom. The first-order valence-electron chi connectivity index (χ1n) is 5.30. The minimum absolute atomic E-state index is 0.162. The second kappa shape index (κ2) is 7.13. The van der Waals surface area contributed by atoms with Gasteiger partial charge in [0.2, 0.25) is 5.91 Å². The Kier molecular flexibility index (Phi) is 5.79. The van der Waals surface area contributed by atoms with Crippen molar-refractivity contribution in [3.05, 3.63) is 24.0 Å². The van der Waals surface area contributed by atoms with Gasteiger partial charge >= 0.3 is 0 Å². The third-order valence-electron chi connectivity index (χ3n) is 2.12. The molecule has 0 heterocycles. The molecule has 4 nitrogen and oxygen atoms in total. The van der Waals surface area contributed by atoms with Crippen LogP contribution in [0.15, 0.2) is 23.1 Å². The summed E-state index contributed by atoms with van der Waals surface area (Å²) < 4.78 is 13.0. The van der Waals surface area contributed by atoms with Gasteiger partial charge in [-0.2, -0.15) is 0 Å². The number of hydrogen-bond acceptors (Lipinski definition) is 4. The predicted octanol–water partition coefficient (Wildman–Crippen LogP) is 1.66. The Morgan fingerprint density at radius 1 is 1.35 bits per heavy atom. The van der Waals surface area contributed by atoms with Crippen molar-refractivity contribution < 1.29 is 9.18 Å². The summed E-state index contributed by atoms with van der Waals surface area (Å²) in [5.74, 6) is 5.28. The Morgan fingerprint density at radius 2 is 2.12 bits per heavy atom. The average molecular weight is 257 g/mol. The number of nitrogens with one attached hydrogen (secondary N) is 1. The molecule has 0 spiro atoms. The van der Waals surface area contributed by atoms with E-state index >= 15 is 0 Å². The number of nitrogen functional groups attached to an aromatic ring is 1. The highest BCUT2D eigenvalue weighted by Crippen LogP contribution is 2.23. The van der Waals surface area contributed by atoms with Crippen molar-refractivity contribution in [1.29, 1.82) is 0 Å². The van der Waals surface area contributed by atoms with Crippen LogP contribution >= 0.6 is 11.8 Å². The molecule has 0 unspecified atom stereocenters. The second-order valence-electron chi connectivity index (χ2n) is 3.59. The number of nitrogens with two attached hydrogens (primary N) is 2. The average Bonchev–Trinajstić information content (AvgIpc) is 2.27. The lowest BCUT2D eigenvalue weighted by atomic mass is 10.2. The number of halogens is 1. The number of carbonyl (C=O) groups is 1. The summed E-state index contributed by atoms with van der Waals surface area (Å²) in [5.41, 5.74) is 8.03. The van der Waals surface area contributed by atoms with E-state index in [4.69, 9.17) is 11.6 Å². The zero-order valence-electron chi connectivity index (χ0n) is 9.41. The smallest absolute Gasteiger partial charge is 0.233 e. The predicted molar refractivity (Wildman–Crippen MR) is 67.7 cm³/mol. The Bertz CT molecular complexity index is 367. The normalized spacial score (nSPS) is 10.2. The molecule has 0 radical (unpaired) electrons. The van der Waals surface area contributed by atoms with E-state index in [1.165, 1.54) is 23.9 Å². The van der Waals surface area contributed by atoms with Crippen LogP contribution < -0.4 is 17.0 Å². The summed E-state index contributed by atoms with van der Waals surface area (Å²) in [6, 6.07) is 4.48. The molecule has 1 aromatic carbocycles. The molecule has 0 aromatic heterocycles. The van der Waals surface area contributed by atoms with Crippen LogP contribution in [-0.2, 0) is 4.79 Å². The number of anilines is 1. The first-order chi connectivity index (χ1) is 8.11. The zero-order valence-corrected chi connectivity index (χ0v) is 10.2. The first-order valence-corrected chi connectivity index (χ1v) is 6.28. The standard InChI is InChI=1S/C11H16FN3OS/c12-8-5-9(13)7-10(6-8)17-4-2-1-3-11(16)15-14/h5-7H,1-4,13-14H2,(H,15,16). The number of amides is 1. The van der Waals surface area contributed by atoms with Crippen LogP contribution in [0.3, 0.4) is 0 Å². The van der Waals surface area contributed by atoms with Gasteiger partial charge in [-0.3, -0.25) is 10.2 Å². The van der Waals surface area contributed by atoms with Gasteiger partial charge in [-0.05, 0) is 36.8 Å². The molecule has 0 aliphatic rings. The van der Waals surface area contributed by atoms with Crippen LogP contribution in [-0.4, -0.2) is 11.7 Å². The number of thioether (sulfide) groups is 1. The zero-order chi connectivity index (χ0) is 12.7. The van der Waals surface area contributed by atoms with E-state index in [-0.39, 0.29) is 11.7 Å². The summed E-state index contributed by atoms with van der Waals surface area (Å²) in [6.45, 7) is 0. The number of hydrogen-bond donors (Lipinski definition) is 3. The number of hydrazine groups is 1. The third-order valence-corrected chi connectivity index (χ3v) is 3.18. The van der Waals surface area contributed by atoms with Crippen molar-refractivity contribution in [2.75, 3.05) is 11.5 Å². The van der Waals surface area contributed by atoms with Gasteiger partial charge in [-0.1, -0.05) is 0 Å². The highest BCUT2D eigenvalue weighted by Gasteiger charge is 2.01. The monoisotopic (exact) mass is 257 g/mol. The summed E-state index contributed by atoms with van der Waals surface area (Å²) in [4.78, 5) is 11.6. The van der Waals surface area contributed by atoms with Gasteiger partial charge < -0.3 is 5.73 Å². The third kappa shape index (κ3) is 5.55. The summed E-state index contributed by atoms with van der Waals surface area (Å²) >= 11 is 1.53. The minimum atomic E-state index is -0.324. The van der Waals surface area contributed by atoms with E-state index in [9.17, 15) is 9.18 Å². The second-order valence-corrected chi connectivity index (χ2v) is 4.76. The van der Waals surface area contributed by atoms with Crippen molar-refractivity contribution in [2.45, 2.75) is 24.2 Å². The van der Waals surface area contributed by atoms with Gasteiger partial charge in [0, 0.05) is 17.0 Å². The molecule has 0 saturated heterocycles. The van der Waals surface area contributed by atoms with Gasteiger partial charge in [0.05, 0.1) is 0 Å². The van der Waals surface area contributed by atoms with Gasteiger partial charge in [-0.15, -0.1) is 11.8 Å². The Hall–Kier alpha value is -1.27. The minimum Gasteiger partial charge on any atom is -0.399 e. The molecular weight excluding hydrogens is 241 g/mol. The molecule has 5 N–H and O–H groups in total. The summed E-state index contributed by atoms with van der Waals surface area (Å²) in [7, 11) is 0. The molecule has 0 bridgehead atoms. The van der Waals surface area contributed by atoms with E-state index in [2.05, 4.69) is 5.43 Å². The molecule has 17 heavy (non-hydrogen) atoms. The molecule has 0 saturated carbocycles. The number of unbranched alkanes of at least 4 members (excludes halogenated alkanes) is 1. The maximum Gasteiger partial charge on any atom is 0.233 e. The highest BCUT2D eigenvalue weighted by molar-refractivity contribution is 7.99. The van der Waals surface area contributed by atoms with E-state index in [0.29, 0.717) is 12.1 Å². The van der Waals surface area contributed by atoms with Gasteiger partial charge in [-0.25, -0.2) is 10.2 Å².